The highest BCUT2D eigenvalue weighted by Gasteiger charge is 2.14. The molecule has 1 aromatic carbocycles. The van der Waals surface area contributed by atoms with Gasteiger partial charge >= 0.3 is 0 Å². The van der Waals surface area contributed by atoms with E-state index in [2.05, 4.69) is 46.8 Å². The maximum Gasteiger partial charge on any atom is 0.220 e. The molecule has 4 nitrogen and oxygen atoms in total. The molecule has 3 aromatic rings. The van der Waals surface area contributed by atoms with E-state index >= 15 is 0 Å². The van der Waals surface area contributed by atoms with Crippen LogP contribution in [0.25, 0.3) is 22.6 Å². The summed E-state index contributed by atoms with van der Waals surface area (Å²) in [5.41, 5.74) is 9.37. The highest BCUT2D eigenvalue weighted by atomic mass is 79.9. The number of nitrogens with one attached hydrogen (secondary N) is 1. The van der Waals surface area contributed by atoms with E-state index in [0.29, 0.717) is 0 Å². The van der Waals surface area contributed by atoms with Crippen LogP contribution in [-0.4, -0.2) is 15.0 Å². The van der Waals surface area contributed by atoms with Crippen molar-refractivity contribution in [3.63, 3.8) is 0 Å². The predicted octanol–water partition coefficient (Wildman–Crippen LogP) is 4.25. The molecule has 0 bridgehead atoms. The van der Waals surface area contributed by atoms with Crippen LogP contribution >= 0.6 is 31.9 Å². The molecule has 0 aliphatic heterocycles. The fourth-order valence-corrected chi connectivity index (χ4v) is 2.84. The first kappa shape index (κ1) is 13.3. The quantitative estimate of drug-likeness (QED) is 0.683. The predicted molar refractivity (Wildman–Crippen MR) is 87.1 cm³/mol. The van der Waals surface area contributed by atoms with E-state index in [4.69, 9.17) is 5.73 Å². The van der Waals surface area contributed by atoms with Gasteiger partial charge in [0.15, 0.2) is 0 Å². The summed E-state index contributed by atoms with van der Waals surface area (Å²) >= 11 is 7.00. The third-order valence-electron chi connectivity index (χ3n) is 2.85. The lowest BCUT2D eigenvalue weighted by atomic mass is 10.2. The zero-order valence-corrected chi connectivity index (χ0v) is 13.4. The van der Waals surface area contributed by atoms with Gasteiger partial charge < -0.3 is 10.7 Å². The summed E-state index contributed by atoms with van der Waals surface area (Å²) < 4.78 is 1.71. The number of hydrogen-bond donors (Lipinski definition) is 2. The number of halogens is 2. The molecule has 6 heteroatoms. The van der Waals surface area contributed by atoms with E-state index in [1.54, 1.807) is 6.20 Å². The molecule has 2 aromatic heterocycles. The number of aromatic nitrogens is 3. The van der Waals surface area contributed by atoms with Gasteiger partial charge in [-0.2, -0.15) is 0 Å². The van der Waals surface area contributed by atoms with Crippen LogP contribution in [0.4, 0.5) is 5.95 Å². The SMILES string of the molecule is Nc1ncc(Br)c(-c2[nH]c(-c3ccccc3)cc2Br)n1. The zero-order valence-electron chi connectivity index (χ0n) is 10.3. The van der Waals surface area contributed by atoms with Crippen LogP contribution in [-0.2, 0) is 0 Å². The molecule has 20 heavy (non-hydrogen) atoms. The maximum absolute atomic E-state index is 5.66. The lowest BCUT2D eigenvalue weighted by Crippen LogP contribution is -1.97. The molecule has 0 amide bonds. The van der Waals surface area contributed by atoms with Crippen LogP contribution in [0.3, 0.4) is 0 Å². The second-order valence-corrected chi connectivity index (χ2v) is 5.91. The number of benzene rings is 1. The van der Waals surface area contributed by atoms with Crippen molar-refractivity contribution in [1.82, 2.24) is 15.0 Å². The summed E-state index contributed by atoms with van der Waals surface area (Å²) in [6, 6.07) is 12.1. The van der Waals surface area contributed by atoms with E-state index in [1.165, 1.54) is 0 Å². The van der Waals surface area contributed by atoms with Gasteiger partial charge in [-0.05, 0) is 43.5 Å². The summed E-state index contributed by atoms with van der Waals surface area (Å²) in [5.74, 6) is 0.242. The third kappa shape index (κ3) is 2.48. The minimum absolute atomic E-state index is 0.242. The first-order valence-corrected chi connectivity index (χ1v) is 7.46. The molecular formula is C14H10Br2N4. The number of nitrogens with two attached hydrogens (primary N) is 1. The molecule has 0 atom stereocenters. The van der Waals surface area contributed by atoms with Crippen LogP contribution in [0.5, 0.6) is 0 Å². The lowest BCUT2D eigenvalue weighted by Gasteiger charge is -2.03. The van der Waals surface area contributed by atoms with Crippen molar-refractivity contribution < 1.29 is 0 Å². The van der Waals surface area contributed by atoms with Crippen molar-refractivity contribution in [2.75, 3.05) is 5.73 Å². The highest BCUT2D eigenvalue weighted by molar-refractivity contribution is 9.11. The first-order valence-electron chi connectivity index (χ1n) is 5.87. The Morgan fingerprint density at radius 3 is 2.55 bits per heavy atom. The van der Waals surface area contributed by atoms with Crippen molar-refractivity contribution >= 4 is 37.8 Å². The van der Waals surface area contributed by atoms with Crippen LogP contribution in [0.1, 0.15) is 0 Å². The summed E-state index contributed by atoms with van der Waals surface area (Å²) in [6.45, 7) is 0. The van der Waals surface area contributed by atoms with Gasteiger partial charge in [-0.1, -0.05) is 30.3 Å². The number of H-pyrrole nitrogens is 1. The minimum Gasteiger partial charge on any atom is -0.368 e. The molecule has 0 fully saturated rings. The lowest BCUT2D eigenvalue weighted by molar-refractivity contribution is 1.16. The second-order valence-electron chi connectivity index (χ2n) is 4.20. The second kappa shape index (κ2) is 5.38. The standard InChI is InChI=1S/C14H10Br2N4/c15-9-6-11(8-4-2-1-3-5-8)19-12(9)13-10(16)7-18-14(17)20-13/h1-7,19H,(H2,17,18,20). The number of rotatable bonds is 2. The third-order valence-corrected chi connectivity index (χ3v) is 4.06. The number of nitrogens with zero attached hydrogens (tertiary/aromatic N) is 2. The summed E-state index contributed by atoms with van der Waals surface area (Å²) in [7, 11) is 0. The zero-order chi connectivity index (χ0) is 14.1. The Hall–Kier alpha value is -1.66. The molecule has 0 unspecified atom stereocenters. The van der Waals surface area contributed by atoms with Crippen molar-refractivity contribution in [3.05, 3.63) is 51.5 Å². The summed E-state index contributed by atoms with van der Waals surface area (Å²) in [5, 5.41) is 0. The van der Waals surface area contributed by atoms with Gasteiger partial charge in [0.05, 0.1) is 10.2 Å². The van der Waals surface area contributed by atoms with Crippen molar-refractivity contribution in [2.45, 2.75) is 0 Å². The fraction of sp³-hybridized carbons (Fsp3) is 0. The van der Waals surface area contributed by atoms with Gasteiger partial charge in [-0.3, -0.25) is 0 Å². The van der Waals surface area contributed by atoms with E-state index in [1.807, 2.05) is 36.4 Å². The molecule has 0 radical (unpaired) electrons. The Morgan fingerprint density at radius 1 is 1.05 bits per heavy atom. The number of hydrogen-bond acceptors (Lipinski definition) is 3. The van der Waals surface area contributed by atoms with Crippen molar-refractivity contribution in [3.8, 4) is 22.6 Å². The van der Waals surface area contributed by atoms with Gasteiger partial charge in [-0.25, -0.2) is 9.97 Å². The Balaban J connectivity index is 2.12. The average Bonchev–Trinajstić information content (AvgIpc) is 2.84. The Morgan fingerprint density at radius 2 is 1.80 bits per heavy atom. The largest absolute Gasteiger partial charge is 0.368 e. The van der Waals surface area contributed by atoms with Crippen LogP contribution in [0, 0.1) is 0 Å². The van der Waals surface area contributed by atoms with Gasteiger partial charge in [0, 0.05) is 16.4 Å². The molecule has 0 aliphatic carbocycles. The van der Waals surface area contributed by atoms with Gasteiger partial charge in [0.25, 0.3) is 0 Å². The molecule has 0 saturated carbocycles. The van der Waals surface area contributed by atoms with E-state index < -0.39 is 0 Å². The highest BCUT2D eigenvalue weighted by Crippen LogP contribution is 2.34. The molecule has 2 heterocycles. The van der Waals surface area contributed by atoms with E-state index in [0.717, 1.165) is 31.6 Å². The first-order chi connectivity index (χ1) is 9.65. The minimum atomic E-state index is 0.242. The average molecular weight is 394 g/mol. The van der Waals surface area contributed by atoms with Crippen LogP contribution < -0.4 is 5.73 Å². The molecule has 3 N–H and O–H groups in total. The maximum atomic E-state index is 5.66. The number of anilines is 1. The van der Waals surface area contributed by atoms with Gasteiger partial charge in [0.1, 0.15) is 5.69 Å². The topological polar surface area (TPSA) is 67.6 Å². The smallest absolute Gasteiger partial charge is 0.220 e. The number of aromatic amines is 1. The van der Waals surface area contributed by atoms with Gasteiger partial charge in [0.2, 0.25) is 5.95 Å². The number of nitrogen functional groups attached to an aromatic ring is 1. The molecule has 3 rings (SSSR count). The van der Waals surface area contributed by atoms with Crippen LogP contribution in [0.2, 0.25) is 0 Å². The Labute approximate surface area is 132 Å². The Kier molecular flexibility index (Phi) is 3.58. The monoisotopic (exact) mass is 392 g/mol. The van der Waals surface area contributed by atoms with E-state index in [9.17, 15) is 0 Å². The molecule has 0 spiro atoms. The molecule has 100 valence electrons. The van der Waals surface area contributed by atoms with Crippen molar-refractivity contribution in [2.24, 2.45) is 0 Å². The molecule has 0 aliphatic rings. The summed E-state index contributed by atoms with van der Waals surface area (Å²) in [6.07, 6.45) is 1.65. The normalized spacial score (nSPS) is 10.7. The van der Waals surface area contributed by atoms with Gasteiger partial charge in [-0.15, -0.1) is 0 Å². The fourth-order valence-electron chi connectivity index (χ4n) is 1.93. The summed E-state index contributed by atoms with van der Waals surface area (Å²) in [4.78, 5) is 11.6. The molecular weight excluding hydrogens is 384 g/mol. The van der Waals surface area contributed by atoms with Crippen molar-refractivity contribution in [1.29, 1.82) is 0 Å². The van der Waals surface area contributed by atoms with E-state index in [-0.39, 0.29) is 5.95 Å². The Bertz CT molecular complexity index is 753. The molecule has 0 saturated heterocycles. The van der Waals surface area contributed by atoms with Crippen LogP contribution in [0.15, 0.2) is 51.5 Å².